The van der Waals surface area contributed by atoms with Gasteiger partial charge >= 0.3 is 0 Å². The van der Waals surface area contributed by atoms with E-state index in [-0.39, 0.29) is 6.61 Å². The number of benzene rings is 1. The van der Waals surface area contributed by atoms with Gasteiger partial charge in [-0.2, -0.15) is 0 Å². The quantitative estimate of drug-likeness (QED) is 0.705. The van der Waals surface area contributed by atoms with Crippen LogP contribution in [0.2, 0.25) is 0 Å². The molecule has 2 rings (SSSR count). The Morgan fingerprint density at radius 3 is 2.77 bits per heavy atom. The number of fused-ring (bicyclic) bond motifs is 1. The fourth-order valence-corrected chi connectivity index (χ4v) is 3.39. The maximum atomic E-state index is 9.00. The number of hydrogen-bond acceptors (Lipinski definition) is 2. The molecule has 0 aliphatic heterocycles. The summed E-state index contributed by atoms with van der Waals surface area (Å²) in [5.74, 6) is 0. The fraction of sp³-hybridized carbons (Fsp3) is 0.111. The molecule has 0 amide bonds. The monoisotopic (exact) mass is 416 g/mol. The highest BCUT2D eigenvalue weighted by atomic mass is 127. The smallest absolute Gasteiger partial charge is 0.0774 e. The van der Waals surface area contributed by atoms with Crippen molar-refractivity contribution in [2.45, 2.75) is 6.61 Å². The standard InChI is InChI=1S/C9H6I2OS/c10-7-1-2-8-6(9(7)11)3-5(4-12)13-8/h1-3,12H,4H2. The summed E-state index contributed by atoms with van der Waals surface area (Å²) in [5, 5.41) is 10.3. The maximum absolute atomic E-state index is 9.00. The van der Waals surface area contributed by atoms with Gasteiger partial charge in [0.15, 0.2) is 0 Å². The summed E-state index contributed by atoms with van der Waals surface area (Å²) in [6.07, 6.45) is 0. The van der Waals surface area contributed by atoms with Crippen LogP contribution in [-0.2, 0) is 6.61 Å². The number of aliphatic hydroxyl groups excluding tert-OH is 1. The van der Waals surface area contributed by atoms with Crippen LogP contribution in [0.1, 0.15) is 4.88 Å². The minimum Gasteiger partial charge on any atom is -0.391 e. The molecule has 1 aromatic carbocycles. The van der Waals surface area contributed by atoms with Crippen LogP contribution in [0.5, 0.6) is 0 Å². The molecule has 1 aromatic heterocycles. The lowest BCUT2D eigenvalue weighted by atomic mass is 10.2. The molecule has 1 N–H and O–H groups in total. The topological polar surface area (TPSA) is 20.2 Å². The first kappa shape index (κ1) is 10.1. The van der Waals surface area contributed by atoms with Crippen LogP contribution in [0.4, 0.5) is 0 Å². The first-order valence-electron chi connectivity index (χ1n) is 3.69. The van der Waals surface area contributed by atoms with Crippen LogP contribution in [0.15, 0.2) is 18.2 Å². The van der Waals surface area contributed by atoms with Crippen molar-refractivity contribution in [3.8, 4) is 0 Å². The van der Waals surface area contributed by atoms with E-state index in [1.807, 2.05) is 0 Å². The Morgan fingerprint density at radius 2 is 2.08 bits per heavy atom. The molecule has 0 fully saturated rings. The Bertz CT molecular complexity index is 450. The van der Waals surface area contributed by atoms with Crippen molar-refractivity contribution in [2.24, 2.45) is 0 Å². The van der Waals surface area contributed by atoms with E-state index in [1.54, 1.807) is 11.3 Å². The zero-order valence-electron chi connectivity index (χ0n) is 6.55. The minimum atomic E-state index is 0.145. The third-order valence-corrected chi connectivity index (χ3v) is 5.97. The van der Waals surface area contributed by atoms with Crippen molar-refractivity contribution in [3.63, 3.8) is 0 Å². The van der Waals surface area contributed by atoms with E-state index in [2.05, 4.69) is 63.4 Å². The molecule has 0 spiro atoms. The van der Waals surface area contributed by atoms with Crippen LogP contribution < -0.4 is 0 Å². The fourth-order valence-electron chi connectivity index (χ4n) is 1.18. The zero-order valence-corrected chi connectivity index (χ0v) is 11.7. The molecule has 1 heterocycles. The molecule has 13 heavy (non-hydrogen) atoms. The van der Waals surface area contributed by atoms with Crippen molar-refractivity contribution in [1.82, 2.24) is 0 Å². The molecule has 0 saturated heterocycles. The van der Waals surface area contributed by atoms with Gasteiger partial charge < -0.3 is 5.11 Å². The van der Waals surface area contributed by atoms with Crippen LogP contribution >= 0.6 is 56.5 Å². The minimum absolute atomic E-state index is 0.145. The molecule has 2 aromatic rings. The van der Waals surface area contributed by atoms with E-state index < -0.39 is 0 Å². The Balaban J connectivity index is 2.76. The third kappa shape index (κ3) is 1.86. The van der Waals surface area contributed by atoms with E-state index in [9.17, 15) is 0 Å². The Kier molecular flexibility index (Phi) is 3.11. The van der Waals surface area contributed by atoms with Crippen molar-refractivity contribution in [3.05, 3.63) is 30.2 Å². The molecule has 0 bridgehead atoms. The molecule has 1 nitrogen and oxygen atoms in total. The molecule has 0 aliphatic carbocycles. The first-order chi connectivity index (χ1) is 6.22. The molecular formula is C9H6I2OS. The molecule has 0 aliphatic rings. The number of halogens is 2. The SMILES string of the molecule is OCc1cc2c(I)c(I)ccc2s1. The van der Waals surface area contributed by atoms with E-state index in [0.717, 1.165) is 4.88 Å². The Hall–Kier alpha value is 0.600. The lowest BCUT2D eigenvalue weighted by Gasteiger charge is -1.96. The average molecular weight is 416 g/mol. The largest absolute Gasteiger partial charge is 0.391 e. The van der Waals surface area contributed by atoms with Gasteiger partial charge in [0.2, 0.25) is 0 Å². The van der Waals surface area contributed by atoms with Gasteiger partial charge in [-0.15, -0.1) is 11.3 Å². The second kappa shape index (κ2) is 4.00. The number of aliphatic hydroxyl groups is 1. The van der Waals surface area contributed by atoms with Gasteiger partial charge in [-0.05, 0) is 63.4 Å². The third-order valence-electron chi connectivity index (χ3n) is 1.79. The summed E-state index contributed by atoms with van der Waals surface area (Å²) in [5.41, 5.74) is 0. The first-order valence-corrected chi connectivity index (χ1v) is 6.67. The molecule has 4 heteroatoms. The molecule has 0 atom stereocenters. The van der Waals surface area contributed by atoms with Crippen molar-refractivity contribution < 1.29 is 5.11 Å². The van der Waals surface area contributed by atoms with Crippen LogP contribution in [0.3, 0.4) is 0 Å². The zero-order chi connectivity index (χ0) is 9.42. The number of rotatable bonds is 1. The van der Waals surface area contributed by atoms with Gasteiger partial charge in [-0.3, -0.25) is 0 Å². The maximum Gasteiger partial charge on any atom is 0.0774 e. The van der Waals surface area contributed by atoms with E-state index in [4.69, 9.17) is 5.11 Å². The van der Waals surface area contributed by atoms with E-state index in [1.165, 1.54) is 17.2 Å². The number of hydrogen-bond donors (Lipinski definition) is 1. The summed E-state index contributed by atoms with van der Waals surface area (Å²) in [4.78, 5) is 1.04. The van der Waals surface area contributed by atoms with Crippen LogP contribution in [0.25, 0.3) is 10.1 Å². The predicted molar refractivity (Wildman–Crippen MR) is 73.2 cm³/mol. The van der Waals surface area contributed by atoms with Gasteiger partial charge in [-0.1, -0.05) is 0 Å². The lowest BCUT2D eigenvalue weighted by Crippen LogP contribution is -1.78. The van der Waals surface area contributed by atoms with Gasteiger partial charge in [0.25, 0.3) is 0 Å². The van der Waals surface area contributed by atoms with Crippen LogP contribution in [0, 0.1) is 7.14 Å². The summed E-state index contributed by atoms with van der Waals surface area (Å²) in [7, 11) is 0. The lowest BCUT2D eigenvalue weighted by molar-refractivity contribution is 0.285. The highest BCUT2D eigenvalue weighted by Crippen LogP contribution is 2.31. The Morgan fingerprint density at radius 1 is 1.31 bits per heavy atom. The van der Waals surface area contributed by atoms with E-state index >= 15 is 0 Å². The van der Waals surface area contributed by atoms with Crippen molar-refractivity contribution in [1.29, 1.82) is 0 Å². The Labute approximate surface area is 107 Å². The van der Waals surface area contributed by atoms with E-state index in [0.29, 0.717) is 0 Å². The normalized spacial score (nSPS) is 11.0. The molecule has 0 saturated carbocycles. The predicted octanol–water partition coefficient (Wildman–Crippen LogP) is 3.60. The average Bonchev–Trinajstić information content (AvgIpc) is 2.55. The van der Waals surface area contributed by atoms with Crippen molar-refractivity contribution in [2.75, 3.05) is 0 Å². The second-order valence-electron chi connectivity index (χ2n) is 2.64. The summed E-state index contributed by atoms with van der Waals surface area (Å²) in [6.45, 7) is 0.145. The highest BCUT2D eigenvalue weighted by Gasteiger charge is 2.06. The molecule has 0 radical (unpaired) electrons. The molecule has 68 valence electrons. The van der Waals surface area contributed by atoms with Gasteiger partial charge in [0, 0.05) is 22.1 Å². The van der Waals surface area contributed by atoms with Crippen LogP contribution in [-0.4, -0.2) is 5.11 Å². The summed E-state index contributed by atoms with van der Waals surface area (Å²) < 4.78 is 3.81. The number of thiophene rings is 1. The molecular weight excluding hydrogens is 410 g/mol. The summed E-state index contributed by atoms with van der Waals surface area (Å²) in [6, 6.07) is 6.30. The summed E-state index contributed by atoms with van der Waals surface area (Å²) >= 11 is 6.34. The second-order valence-corrected chi connectivity index (χ2v) is 6.05. The van der Waals surface area contributed by atoms with Gasteiger partial charge in [-0.25, -0.2) is 0 Å². The molecule has 0 unspecified atom stereocenters. The van der Waals surface area contributed by atoms with Gasteiger partial charge in [0.05, 0.1) is 6.61 Å². The van der Waals surface area contributed by atoms with Crippen molar-refractivity contribution >= 4 is 66.6 Å². The highest BCUT2D eigenvalue weighted by molar-refractivity contribution is 14.1. The van der Waals surface area contributed by atoms with Gasteiger partial charge in [0.1, 0.15) is 0 Å².